The van der Waals surface area contributed by atoms with E-state index in [1.165, 1.54) is 6.08 Å². The van der Waals surface area contributed by atoms with Crippen molar-refractivity contribution < 1.29 is 9.53 Å². The Labute approximate surface area is 118 Å². The van der Waals surface area contributed by atoms with Gasteiger partial charge in [0.15, 0.2) is 5.78 Å². The van der Waals surface area contributed by atoms with Gasteiger partial charge in [0.2, 0.25) is 0 Å². The molecular weight excluding hydrogens is 250 g/mol. The molecule has 0 spiro atoms. The van der Waals surface area contributed by atoms with Gasteiger partial charge in [-0.05, 0) is 42.8 Å². The first-order valence-electron chi connectivity index (χ1n) is 6.33. The Bertz CT molecular complexity index is 660. The molecule has 0 aromatic heterocycles. The predicted molar refractivity (Wildman–Crippen MR) is 81.9 cm³/mol. The molecule has 3 nitrogen and oxygen atoms in total. The third kappa shape index (κ3) is 3.26. The normalized spacial score (nSPS) is 10.7. The van der Waals surface area contributed by atoms with Crippen molar-refractivity contribution >= 4 is 17.5 Å². The van der Waals surface area contributed by atoms with Crippen molar-refractivity contribution in [2.24, 2.45) is 0 Å². The van der Waals surface area contributed by atoms with E-state index in [1.807, 2.05) is 25.1 Å². The van der Waals surface area contributed by atoms with Crippen LogP contribution in [0.4, 0.5) is 5.69 Å². The van der Waals surface area contributed by atoms with Crippen LogP contribution in [0.15, 0.2) is 48.5 Å². The Balaban J connectivity index is 2.23. The standard InChI is InChI=1S/C17H17NO2/c1-12-6-7-13(17(10-12)20-2)8-9-16(19)14-4-3-5-15(18)11-14/h3-11H,18H2,1-2H3/b9-8+. The summed E-state index contributed by atoms with van der Waals surface area (Å²) in [5, 5.41) is 0. The van der Waals surface area contributed by atoms with Crippen LogP contribution in [0.5, 0.6) is 5.75 Å². The van der Waals surface area contributed by atoms with Gasteiger partial charge in [-0.3, -0.25) is 4.79 Å². The van der Waals surface area contributed by atoms with E-state index in [2.05, 4.69) is 0 Å². The maximum atomic E-state index is 12.1. The van der Waals surface area contributed by atoms with Gasteiger partial charge in [0.25, 0.3) is 0 Å². The zero-order chi connectivity index (χ0) is 14.5. The molecule has 0 bridgehead atoms. The number of nitrogen functional groups attached to an aromatic ring is 1. The summed E-state index contributed by atoms with van der Waals surface area (Å²) >= 11 is 0. The molecule has 2 N–H and O–H groups in total. The van der Waals surface area contributed by atoms with Crippen LogP contribution in [0.25, 0.3) is 6.08 Å². The minimum absolute atomic E-state index is 0.0834. The molecule has 0 aliphatic rings. The monoisotopic (exact) mass is 267 g/mol. The van der Waals surface area contributed by atoms with E-state index < -0.39 is 0 Å². The Morgan fingerprint density at radius 3 is 2.70 bits per heavy atom. The lowest BCUT2D eigenvalue weighted by molar-refractivity contribution is 0.104. The minimum atomic E-state index is -0.0834. The lowest BCUT2D eigenvalue weighted by atomic mass is 10.1. The number of carbonyl (C=O) groups excluding carboxylic acids is 1. The first-order chi connectivity index (χ1) is 9.60. The second-order valence-corrected chi connectivity index (χ2v) is 4.57. The molecule has 0 saturated carbocycles. The Morgan fingerprint density at radius 1 is 1.20 bits per heavy atom. The molecule has 20 heavy (non-hydrogen) atoms. The van der Waals surface area contributed by atoms with Crippen molar-refractivity contribution in [3.63, 3.8) is 0 Å². The van der Waals surface area contributed by atoms with Crippen LogP contribution >= 0.6 is 0 Å². The summed E-state index contributed by atoms with van der Waals surface area (Å²) in [4.78, 5) is 12.1. The lowest BCUT2D eigenvalue weighted by Gasteiger charge is -2.05. The third-order valence-corrected chi connectivity index (χ3v) is 2.97. The number of hydrogen-bond acceptors (Lipinski definition) is 3. The van der Waals surface area contributed by atoms with Crippen molar-refractivity contribution in [3.8, 4) is 5.75 Å². The van der Waals surface area contributed by atoms with Crippen LogP contribution < -0.4 is 10.5 Å². The molecule has 0 heterocycles. The Kier molecular flexibility index (Phi) is 4.20. The Morgan fingerprint density at radius 2 is 2.00 bits per heavy atom. The number of anilines is 1. The van der Waals surface area contributed by atoms with Crippen molar-refractivity contribution in [1.82, 2.24) is 0 Å². The molecule has 0 radical (unpaired) electrons. The van der Waals surface area contributed by atoms with Crippen LogP contribution in [0, 0.1) is 6.92 Å². The highest BCUT2D eigenvalue weighted by Gasteiger charge is 2.03. The zero-order valence-corrected chi connectivity index (χ0v) is 11.6. The van der Waals surface area contributed by atoms with Gasteiger partial charge in [-0.1, -0.05) is 24.3 Å². The third-order valence-electron chi connectivity index (χ3n) is 2.97. The van der Waals surface area contributed by atoms with E-state index >= 15 is 0 Å². The number of benzene rings is 2. The van der Waals surface area contributed by atoms with E-state index in [4.69, 9.17) is 10.5 Å². The van der Waals surface area contributed by atoms with Gasteiger partial charge < -0.3 is 10.5 Å². The number of nitrogens with two attached hydrogens (primary N) is 1. The molecule has 0 aliphatic carbocycles. The minimum Gasteiger partial charge on any atom is -0.496 e. The van der Waals surface area contributed by atoms with Crippen molar-refractivity contribution in [1.29, 1.82) is 0 Å². The van der Waals surface area contributed by atoms with E-state index in [9.17, 15) is 4.79 Å². The number of methoxy groups -OCH3 is 1. The molecule has 2 aromatic rings. The molecule has 102 valence electrons. The molecule has 3 heteroatoms. The average molecular weight is 267 g/mol. The summed E-state index contributed by atoms with van der Waals surface area (Å²) in [5.41, 5.74) is 8.81. The number of aryl methyl sites for hydroxylation is 1. The highest BCUT2D eigenvalue weighted by atomic mass is 16.5. The van der Waals surface area contributed by atoms with Gasteiger partial charge in [0.1, 0.15) is 5.75 Å². The van der Waals surface area contributed by atoms with Crippen molar-refractivity contribution in [2.75, 3.05) is 12.8 Å². The molecule has 0 amide bonds. The fraction of sp³-hybridized carbons (Fsp3) is 0.118. The van der Waals surface area contributed by atoms with Gasteiger partial charge >= 0.3 is 0 Å². The smallest absolute Gasteiger partial charge is 0.185 e. The topological polar surface area (TPSA) is 52.3 Å². The first kappa shape index (κ1) is 13.9. The van der Waals surface area contributed by atoms with Gasteiger partial charge in [0, 0.05) is 16.8 Å². The first-order valence-corrected chi connectivity index (χ1v) is 6.33. The Hall–Kier alpha value is -2.55. The van der Waals surface area contributed by atoms with Crippen molar-refractivity contribution in [2.45, 2.75) is 6.92 Å². The SMILES string of the molecule is COc1cc(C)ccc1/C=C/C(=O)c1cccc(N)c1. The van der Waals surface area contributed by atoms with Crippen LogP contribution in [0.1, 0.15) is 21.5 Å². The number of ether oxygens (including phenoxy) is 1. The number of hydrogen-bond donors (Lipinski definition) is 1. The molecule has 0 fully saturated rings. The van der Waals surface area contributed by atoms with E-state index in [-0.39, 0.29) is 5.78 Å². The molecule has 0 atom stereocenters. The van der Waals surface area contributed by atoms with E-state index in [0.717, 1.165) is 16.9 Å². The summed E-state index contributed by atoms with van der Waals surface area (Å²) in [5.74, 6) is 0.668. The summed E-state index contributed by atoms with van der Waals surface area (Å²) in [7, 11) is 1.62. The molecule has 2 aromatic carbocycles. The molecule has 2 rings (SSSR count). The molecular formula is C17H17NO2. The number of carbonyl (C=O) groups is 1. The summed E-state index contributed by atoms with van der Waals surface area (Å²) in [6.45, 7) is 1.99. The lowest BCUT2D eigenvalue weighted by Crippen LogP contribution is -1.96. The predicted octanol–water partition coefficient (Wildman–Crippen LogP) is 3.48. The van der Waals surface area contributed by atoms with Gasteiger partial charge in [-0.25, -0.2) is 0 Å². The molecule has 0 saturated heterocycles. The maximum Gasteiger partial charge on any atom is 0.185 e. The van der Waals surface area contributed by atoms with Crippen LogP contribution in [0.3, 0.4) is 0 Å². The van der Waals surface area contributed by atoms with Crippen LogP contribution in [0.2, 0.25) is 0 Å². The fourth-order valence-corrected chi connectivity index (χ4v) is 1.91. The van der Waals surface area contributed by atoms with E-state index in [1.54, 1.807) is 37.5 Å². The molecule has 0 aliphatic heterocycles. The van der Waals surface area contributed by atoms with Crippen molar-refractivity contribution in [3.05, 3.63) is 65.2 Å². The second kappa shape index (κ2) is 6.06. The highest BCUT2D eigenvalue weighted by molar-refractivity contribution is 6.07. The highest BCUT2D eigenvalue weighted by Crippen LogP contribution is 2.21. The second-order valence-electron chi connectivity index (χ2n) is 4.57. The average Bonchev–Trinajstić information content (AvgIpc) is 2.45. The fourth-order valence-electron chi connectivity index (χ4n) is 1.91. The van der Waals surface area contributed by atoms with Crippen LogP contribution in [-0.4, -0.2) is 12.9 Å². The van der Waals surface area contributed by atoms with Gasteiger partial charge in [-0.15, -0.1) is 0 Å². The zero-order valence-electron chi connectivity index (χ0n) is 11.6. The van der Waals surface area contributed by atoms with Gasteiger partial charge in [0.05, 0.1) is 7.11 Å². The van der Waals surface area contributed by atoms with E-state index in [0.29, 0.717) is 11.3 Å². The summed E-state index contributed by atoms with van der Waals surface area (Å²) < 4.78 is 5.30. The summed E-state index contributed by atoms with van der Waals surface area (Å²) in [6, 6.07) is 12.8. The number of rotatable bonds is 4. The maximum absolute atomic E-state index is 12.1. The summed E-state index contributed by atoms with van der Waals surface area (Å²) in [6.07, 6.45) is 3.28. The quantitative estimate of drug-likeness (QED) is 0.524. The molecule has 0 unspecified atom stereocenters. The number of allylic oxidation sites excluding steroid dienone is 1. The van der Waals surface area contributed by atoms with Crippen LogP contribution in [-0.2, 0) is 0 Å². The number of ketones is 1. The van der Waals surface area contributed by atoms with Gasteiger partial charge in [-0.2, -0.15) is 0 Å². The largest absolute Gasteiger partial charge is 0.496 e.